The van der Waals surface area contributed by atoms with Crippen molar-refractivity contribution in [3.8, 4) is 0 Å². The van der Waals surface area contributed by atoms with Gasteiger partial charge in [-0.3, -0.25) is 14.5 Å². The van der Waals surface area contributed by atoms with Crippen LogP contribution in [0.5, 0.6) is 0 Å². The lowest BCUT2D eigenvalue weighted by Crippen LogP contribution is -2.44. The van der Waals surface area contributed by atoms with E-state index in [1.165, 1.54) is 4.90 Å². The fourth-order valence-corrected chi connectivity index (χ4v) is 1.72. The average Bonchev–Trinajstić information content (AvgIpc) is 2.26. The lowest BCUT2D eigenvalue weighted by Gasteiger charge is -2.25. The zero-order valence-electron chi connectivity index (χ0n) is 8.98. The van der Waals surface area contributed by atoms with Crippen molar-refractivity contribution >= 4 is 17.9 Å². The second kappa shape index (κ2) is 3.52. The second-order valence-corrected chi connectivity index (χ2v) is 3.87. The van der Waals surface area contributed by atoms with Crippen LogP contribution in [0.4, 0.5) is 4.79 Å². The van der Waals surface area contributed by atoms with E-state index >= 15 is 0 Å². The number of carboxylic acids is 1. The summed E-state index contributed by atoms with van der Waals surface area (Å²) in [5.41, 5.74) is -0.943. The van der Waals surface area contributed by atoms with E-state index in [1.807, 2.05) is 0 Å². The monoisotopic (exact) mass is 214 g/mol. The number of nitrogens with zero attached hydrogens (tertiary/aromatic N) is 2. The Kier molecular flexibility index (Phi) is 2.70. The maximum Gasteiger partial charge on any atom is 0.328 e. The first-order chi connectivity index (χ1) is 6.82. The highest BCUT2D eigenvalue weighted by Gasteiger charge is 2.50. The minimum absolute atomic E-state index is 0.383. The van der Waals surface area contributed by atoms with Crippen molar-refractivity contribution in [2.45, 2.75) is 26.3 Å². The molecule has 0 saturated carbocycles. The molecule has 0 bridgehead atoms. The molecular formula is C9H14N2O4. The fraction of sp³-hybridized carbons (Fsp3) is 0.667. The van der Waals surface area contributed by atoms with Crippen LogP contribution in [-0.2, 0) is 9.59 Å². The highest BCUT2D eigenvalue weighted by atomic mass is 16.4. The molecule has 1 fully saturated rings. The largest absolute Gasteiger partial charge is 0.480 e. The molecule has 3 amide bonds. The Labute approximate surface area is 87.5 Å². The molecule has 0 aromatic carbocycles. The zero-order valence-corrected chi connectivity index (χ0v) is 8.98. The molecule has 1 rings (SSSR count). The number of urea groups is 1. The van der Waals surface area contributed by atoms with E-state index < -0.39 is 30.0 Å². The van der Waals surface area contributed by atoms with E-state index in [9.17, 15) is 14.4 Å². The van der Waals surface area contributed by atoms with E-state index in [0.717, 1.165) is 4.90 Å². The molecule has 6 nitrogen and oxygen atoms in total. The number of carbonyl (C=O) groups excluding carboxylic acids is 2. The van der Waals surface area contributed by atoms with Crippen molar-refractivity contribution in [2.75, 3.05) is 13.1 Å². The minimum Gasteiger partial charge on any atom is -0.480 e. The molecule has 1 aliphatic heterocycles. The molecule has 0 atom stereocenters. The van der Waals surface area contributed by atoms with Crippen LogP contribution >= 0.6 is 0 Å². The van der Waals surface area contributed by atoms with Crippen LogP contribution in [-0.4, -0.2) is 51.4 Å². The van der Waals surface area contributed by atoms with E-state index in [-0.39, 0.29) is 0 Å². The van der Waals surface area contributed by atoms with Gasteiger partial charge in [0.15, 0.2) is 0 Å². The Balaban J connectivity index is 2.99. The molecule has 1 saturated heterocycles. The standard InChI is InChI=1S/C9H14N2O4/c1-4-11-8(15)10(5-6(12)13)7(14)9(11,2)3/h4-5H2,1-3H3,(H,12,13). The molecule has 1 aliphatic rings. The summed E-state index contributed by atoms with van der Waals surface area (Å²) in [6.07, 6.45) is 0. The lowest BCUT2D eigenvalue weighted by atomic mass is 10.0. The maximum absolute atomic E-state index is 11.7. The van der Waals surface area contributed by atoms with E-state index in [1.54, 1.807) is 20.8 Å². The minimum atomic E-state index is -1.19. The average molecular weight is 214 g/mol. The van der Waals surface area contributed by atoms with Gasteiger partial charge >= 0.3 is 12.0 Å². The third-order valence-electron chi connectivity index (χ3n) is 2.51. The summed E-state index contributed by atoms with van der Waals surface area (Å²) < 4.78 is 0. The van der Waals surface area contributed by atoms with Crippen molar-refractivity contribution in [1.82, 2.24) is 9.80 Å². The van der Waals surface area contributed by atoms with Crippen molar-refractivity contribution < 1.29 is 19.5 Å². The van der Waals surface area contributed by atoms with Gasteiger partial charge in [-0.05, 0) is 20.8 Å². The number of aliphatic carboxylic acids is 1. The van der Waals surface area contributed by atoms with Gasteiger partial charge in [0.05, 0.1) is 0 Å². The third-order valence-corrected chi connectivity index (χ3v) is 2.51. The van der Waals surface area contributed by atoms with Gasteiger partial charge in [0.1, 0.15) is 12.1 Å². The van der Waals surface area contributed by atoms with Crippen molar-refractivity contribution in [3.05, 3.63) is 0 Å². The zero-order chi connectivity index (χ0) is 11.8. The predicted molar refractivity (Wildman–Crippen MR) is 51.2 cm³/mol. The summed E-state index contributed by atoms with van der Waals surface area (Å²) in [6, 6.07) is -0.532. The number of carboxylic acid groups (broad SMARTS) is 1. The summed E-state index contributed by atoms with van der Waals surface area (Å²) >= 11 is 0. The van der Waals surface area contributed by atoms with Gasteiger partial charge in [-0.2, -0.15) is 0 Å². The molecule has 6 heteroatoms. The van der Waals surface area contributed by atoms with Gasteiger partial charge in [0.2, 0.25) is 0 Å². The summed E-state index contributed by atoms with van der Waals surface area (Å²) in [6.45, 7) is 4.78. The van der Waals surface area contributed by atoms with Crippen molar-refractivity contribution in [2.24, 2.45) is 0 Å². The highest BCUT2D eigenvalue weighted by molar-refractivity contribution is 6.08. The second-order valence-electron chi connectivity index (χ2n) is 3.87. The highest BCUT2D eigenvalue weighted by Crippen LogP contribution is 2.26. The quantitative estimate of drug-likeness (QED) is 0.677. The van der Waals surface area contributed by atoms with Crippen LogP contribution in [0.25, 0.3) is 0 Å². The predicted octanol–water partition coefficient (Wildman–Crippen LogP) is 0.134. The smallest absolute Gasteiger partial charge is 0.328 e. The van der Waals surface area contributed by atoms with Crippen molar-refractivity contribution in [1.29, 1.82) is 0 Å². The fourth-order valence-electron chi connectivity index (χ4n) is 1.72. The molecule has 1 heterocycles. The Morgan fingerprint density at radius 1 is 1.40 bits per heavy atom. The van der Waals surface area contributed by atoms with Crippen LogP contribution < -0.4 is 0 Å². The molecule has 0 spiro atoms. The van der Waals surface area contributed by atoms with E-state index in [2.05, 4.69) is 0 Å². The first-order valence-corrected chi connectivity index (χ1v) is 4.67. The van der Waals surface area contributed by atoms with Gasteiger partial charge in [-0.25, -0.2) is 4.79 Å². The number of amides is 3. The van der Waals surface area contributed by atoms with Crippen LogP contribution in [0, 0.1) is 0 Å². The Morgan fingerprint density at radius 2 is 1.93 bits per heavy atom. The topological polar surface area (TPSA) is 77.9 Å². The summed E-state index contributed by atoms with van der Waals surface area (Å²) in [5, 5.41) is 8.57. The maximum atomic E-state index is 11.7. The van der Waals surface area contributed by atoms with Gasteiger partial charge < -0.3 is 10.0 Å². The number of carbonyl (C=O) groups is 3. The molecule has 1 N–H and O–H groups in total. The van der Waals surface area contributed by atoms with Crippen LogP contribution in [0.3, 0.4) is 0 Å². The summed E-state index contributed by atoms with van der Waals surface area (Å²) in [5.74, 6) is -1.65. The SMILES string of the molecule is CCN1C(=O)N(CC(=O)O)C(=O)C1(C)C. The van der Waals surface area contributed by atoms with Crippen molar-refractivity contribution in [3.63, 3.8) is 0 Å². The molecule has 0 aromatic heterocycles. The van der Waals surface area contributed by atoms with Crippen LogP contribution in [0.1, 0.15) is 20.8 Å². The number of hydrogen-bond donors (Lipinski definition) is 1. The first kappa shape index (κ1) is 11.5. The van der Waals surface area contributed by atoms with Gasteiger partial charge in [-0.15, -0.1) is 0 Å². The normalized spacial score (nSPS) is 19.9. The Bertz CT molecular complexity index is 324. The summed E-state index contributed by atoms with van der Waals surface area (Å²) in [4.78, 5) is 36.0. The first-order valence-electron chi connectivity index (χ1n) is 4.67. The van der Waals surface area contributed by atoms with Gasteiger partial charge in [0, 0.05) is 6.54 Å². The van der Waals surface area contributed by atoms with Gasteiger partial charge in [0.25, 0.3) is 5.91 Å². The summed E-state index contributed by atoms with van der Waals surface area (Å²) in [7, 11) is 0. The van der Waals surface area contributed by atoms with E-state index in [0.29, 0.717) is 6.54 Å². The van der Waals surface area contributed by atoms with E-state index in [4.69, 9.17) is 5.11 Å². The molecule has 0 aromatic rings. The molecule has 84 valence electrons. The molecule has 0 aliphatic carbocycles. The lowest BCUT2D eigenvalue weighted by molar-refractivity contribution is -0.142. The molecule has 0 unspecified atom stereocenters. The number of imide groups is 1. The Hall–Kier alpha value is -1.59. The number of rotatable bonds is 3. The van der Waals surface area contributed by atoms with Crippen LogP contribution in [0.15, 0.2) is 0 Å². The van der Waals surface area contributed by atoms with Gasteiger partial charge in [-0.1, -0.05) is 0 Å². The number of hydrogen-bond acceptors (Lipinski definition) is 3. The number of likely N-dealkylation sites (N-methyl/N-ethyl adjacent to an activating group) is 1. The molecular weight excluding hydrogens is 200 g/mol. The molecule has 15 heavy (non-hydrogen) atoms. The third kappa shape index (κ3) is 1.67. The molecule has 0 radical (unpaired) electrons. The van der Waals surface area contributed by atoms with Crippen LogP contribution in [0.2, 0.25) is 0 Å². The Morgan fingerprint density at radius 3 is 2.27 bits per heavy atom.